The van der Waals surface area contributed by atoms with Gasteiger partial charge in [0.25, 0.3) is 0 Å². The summed E-state index contributed by atoms with van der Waals surface area (Å²) in [5.74, 6) is -3.98. The zero-order chi connectivity index (χ0) is 12.7. The number of benzene rings is 1. The van der Waals surface area contributed by atoms with Crippen LogP contribution in [0.5, 0.6) is 0 Å². The third-order valence-corrected chi connectivity index (χ3v) is 3.05. The highest BCUT2D eigenvalue weighted by atomic mass is 79.9. The summed E-state index contributed by atoms with van der Waals surface area (Å²) in [5, 5.41) is 2.74. The molecule has 17 heavy (non-hydrogen) atoms. The third-order valence-electron chi connectivity index (χ3n) is 1.99. The van der Waals surface area contributed by atoms with Crippen LogP contribution in [0, 0.1) is 17.5 Å². The lowest BCUT2D eigenvalue weighted by atomic mass is 10.1. The molecule has 0 aliphatic heterocycles. The molecule has 2 aromatic rings. The number of hydrogen-bond donors (Lipinski definition) is 1. The molecule has 0 fully saturated rings. The fourth-order valence-corrected chi connectivity index (χ4v) is 2.00. The average Bonchev–Trinajstić information content (AvgIpc) is 2.71. The standard InChI is InChI=1S/C9H3BrClF3N2O/c10-5-8(13)6(11)4(7(12)9(5)14)2-1-3(15)17-16-2/h1H,15H2. The Balaban J connectivity index is 2.78. The van der Waals surface area contributed by atoms with Gasteiger partial charge in [0, 0.05) is 6.07 Å². The van der Waals surface area contributed by atoms with Gasteiger partial charge in [0.15, 0.2) is 17.5 Å². The number of nitrogens with two attached hydrogens (primary N) is 1. The number of rotatable bonds is 1. The van der Waals surface area contributed by atoms with Gasteiger partial charge in [0.1, 0.15) is 5.69 Å². The summed E-state index contributed by atoms with van der Waals surface area (Å²) in [7, 11) is 0. The Labute approximate surface area is 106 Å². The second kappa shape index (κ2) is 4.23. The van der Waals surface area contributed by atoms with Crippen LogP contribution in [0.2, 0.25) is 5.02 Å². The molecule has 2 N–H and O–H groups in total. The Kier molecular flexibility index (Phi) is 3.05. The summed E-state index contributed by atoms with van der Waals surface area (Å²) in [4.78, 5) is 0. The first kappa shape index (κ1) is 12.3. The van der Waals surface area contributed by atoms with Crippen LogP contribution in [0.25, 0.3) is 11.3 Å². The van der Waals surface area contributed by atoms with E-state index >= 15 is 0 Å². The van der Waals surface area contributed by atoms with Crippen molar-refractivity contribution in [1.82, 2.24) is 5.16 Å². The number of anilines is 1. The van der Waals surface area contributed by atoms with Crippen molar-refractivity contribution < 1.29 is 17.7 Å². The molecule has 0 saturated carbocycles. The number of halogens is 5. The fraction of sp³-hybridized carbons (Fsp3) is 0. The molecule has 1 heterocycles. The zero-order valence-corrected chi connectivity index (χ0v) is 10.2. The van der Waals surface area contributed by atoms with Crippen LogP contribution in [0.15, 0.2) is 15.1 Å². The van der Waals surface area contributed by atoms with Gasteiger partial charge in [0.05, 0.1) is 15.1 Å². The molecule has 0 unspecified atom stereocenters. The van der Waals surface area contributed by atoms with Gasteiger partial charge in [-0.1, -0.05) is 16.8 Å². The molecular weight excluding hydrogens is 324 g/mol. The molecule has 0 aliphatic rings. The fourth-order valence-electron chi connectivity index (χ4n) is 1.24. The summed E-state index contributed by atoms with van der Waals surface area (Å²) in [6.45, 7) is 0. The number of nitrogen functional groups attached to an aromatic ring is 1. The Morgan fingerprint density at radius 3 is 2.41 bits per heavy atom. The van der Waals surface area contributed by atoms with Crippen LogP contribution < -0.4 is 5.73 Å². The molecule has 0 bridgehead atoms. The Morgan fingerprint density at radius 2 is 1.88 bits per heavy atom. The lowest BCUT2D eigenvalue weighted by Crippen LogP contribution is -1.97. The van der Waals surface area contributed by atoms with Gasteiger partial charge in [-0.15, -0.1) is 0 Å². The van der Waals surface area contributed by atoms with Crippen molar-refractivity contribution in [1.29, 1.82) is 0 Å². The normalized spacial score (nSPS) is 10.9. The van der Waals surface area contributed by atoms with Crippen molar-refractivity contribution in [3.8, 4) is 11.3 Å². The highest BCUT2D eigenvalue weighted by Crippen LogP contribution is 2.38. The van der Waals surface area contributed by atoms with Gasteiger partial charge in [0.2, 0.25) is 5.88 Å². The summed E-state index contributed by atoms with van der Waals surface area (Å²) in [5.41, 5.74) is 4.51. The smallest absolute Gasteiger partial charge is 0.222 e. The van der Waals surface area contributed by atoms with E-state index in [1.165, 1.54) is 0 Å². The monoisotopic (exact) mass is 326 g/mol. The van der Waals surface area contributed by atoms with E-state index in [4.69, 9.17) is 17.3 Å². The lowest BCUT2D eigenvalue weighted by Gasteiger charge is -2.06. The van der Waals surface area contributed by atoms with Crippen molar-refractivity contribution in [3.63, 3.8) is 0 Å². The molecule has 3 nitrogen and oxygen atoms in total. The molecule has 0 aliphatic carbocycles. The van der Waals surface area contributed by atoms with Crippen molar-refractivity contribution in [2.75, 3.05) is 5.73 Å². The van der Waals surface area contributed by atoms with Gasteiger partial charge < -0.3 is 10.3 Å². The van der Waals surface area contributed by atoms with Crippen LogP contribution in [0.3, 0.4) is 0 Å². The second-order valence-electron chi connectivity index (χ2n) is 3.06. The van der Waals surface area contributed by atoms with Crippen LogP contribution in [-0.2, 0) is 0 Å². The molecule has 2 rings (SSSR count). The van der Waals surface area contributed by atoms with E-state index in [9.17, 15) is 13.2 Å². The molecule has 0 amide bonds. The van der Waals surface area contributed by atoms with E-state index < -0.39 is 32.5 Å². The molecule has 0 atom stereocenters. The maximum atomic E-state index is 13.6. The SMILES string of the molecule is Nc1cc(-c2c(F)c(F)c(Br)c(F)c2Cl)no1. The van der Waals surface area contributed by atoms with E-state index in [1.807, 2.05) is 0 Å². The van der Waals surface area contributed by atoms with Crippen LogP contribution in [0.1, 0.15) is 0 Å². The maximum absolute atomic E-state index is 13.6. The maximum Gasteiger partial charge on any atom is 0.222 e. The first-order valence-electron chi connectivity index (χ1n) is 4.17. The number of aromatic nitrogens is 1. The van der Waals surface area contributed by atoms with E-state index in [1.54, 1.807) is 0 Å². The first-order chi connectivity index (χ1) is 7.93. The van der Waals surface area contributed by atoms with Crippen molar-refractivity contribution in [2.24, 2.45) is 0 Å². The predicted molar refractivity (Wildman–Crippen MR) is 58.9 cm³/mol. The lowest BCUT2D eigenvalue weighted by molar-refractivity contribution is 0.437. The van der Waals surface area contributed by atoms with Crippen molar-refractivity contribution in [2.45, 2.75) is 0 Å². The highest BCUT2D eigenvalue weighted by molar-refractivity contribution is 9.10. The number of hydrogen-bond acceptors (Lipinski definition) is 3. The molecule has 1 aromatic heterocycles. The first-order valence-corrected chi connectivity index (χ1v) is 5.34. The summed E-state index contributed by atoms with van der Waals surface area (Å²) in [6.07, 6.45) is 0. The van der Waals surface area contributed by atoms with E-state index in [2.05, 4.69) is 25.6 Å². The largest absolute Gasteiger partial charge is 0.368 e. The predicted octanol–water partition coefficient (Wildman–Crippen LogP) is 3.76. The second-order valence-corrected chi connectivity index (χ2v) is 4.23. The van der Waals surface area contributed by atoms with E-state index in [-0.39, 0.29) is 11.6 Å². The minimum absolute atomic E-state index is 0.126. The van der Waals surface area contributed by atoms with Crippen LogP contribution in [0.4, 0.5) is 19.1 Å². The molecule has 8 heteroatoms. The zero-order valence-electron chi connectivity index (χ0n) is 7.90. The van der Waals surface area contributed by atoms with Gasteiger partial charge >= 0.3 is 0 Å². The van der Waals surface area contributed by atoms with Gasteiger partial charge in [-0.3, -0.25) is 0 Å². The highest BCUT2D eigenvalue weighted by Gasteiger charge is 2.25. The van der Waals surface area contributed by atoms with Crippen molar-refractivity contribution >= 4 is 33.4 Å². The molecule has 0 spiro atoms. The molecule has 1 aromatic carbocycles. The number of nitrogens with zero attached hydrogens (tertiary/aromatic N) is 1. The Bertz CT molecular complexity index is 573. The summed E-state index contributed by atoms with van der Waals surface area (Å²) < 4.78 is 44.2. The molecule has 0 radical (unpaired) electrons. The average molecular weight is 327 g/mol. The third kappa shape index (κ3) is 1.89. The Hall–Kier alpha value is -1.21. The molecule has 0 saturated heterocycles. The van der Waals surface area contributed by atoms with Crippen LogP contribution >= 0.6 is 27.5 Å². The minimum Gasteiger partial charge on any atom is -0.368 e. The topological polar surface area (TPSA) is 52.0 Å². The molecule has 90 valence electrons. The minimum atomic E-state index is -1.40. The summed E-state index contributed by atoms with van der Waals surface area (Å²) in [6, 6.07) is 1.11. The van der Waals surface area contributed by atoms with E-state index in [0.717, 1.165) is 6.07 Å². The van der Waals surface area contributed by atoms with Crippen LogP contribution in [-0.4, -0.2) is 5.16 Å². The van der Waals surface area contributed by atoms with E-state index in [0.29, 0.717) is 0 Å². The van der Waals surface area contributed by atoms with Gasteiger partial charge in [-0.2, -0.15) is 0 Å². The quantitative estimate of drug-likeness (QED) is 0.641. The summed E-state index contributed by atoms with van der Waals surface area (Å²) >= 11 is 8.14. The van der Waals surface area contributed by atoms with Gasteiger partial charge in [-0.25, -0.2) is 13.2 Å². The van der Waals surface area contributed by atoms with Crippen molar-refractivity contribution in [3.05, 3.63) is 33.0 Å². The van der Waals surface area contributed by atoms with Gasteiger partial charge in [-0.05, 0) is 15.9 Å². The molecular formula is C9H3BrClF3N2O. The Morgan fingerprint density at radius 1 is 1.24 bits per heavy atom.